The molecule has 0 saturated carbocycles. The number of halogens is 2. The van der Waals surface area contributed by atoms with E-state index in [1.807, 2.05) is 11.8 Å². The number of aromatic hydroxyl groups is 1. The average molecular weight is 263 g/mol. The highest BCUT2D eigenvalue weighted by Gasteiger charge is 2.11. The molecular weight excluding hydrogens is 248 g/mol. The number of hydrogen-bond donors (Lipinski definition) is 1. The zero-order valence-corrected chi connectivity index (χ0v) is 10.6. The van der Waals surface area contributed by atoms with Crippen molar-refractivity contribution >= 4 is 5.69 Å². The molecule has 19 heavy (non-hydrogen) atoms. The van der Waals surface area contributed by atoms with Crippen LogP contribution in [0.3, 0.4) is 0 Å². The maximum Gasteiger partial charge on any atom is 0.165 e. The molecule has 0 unspecified atom stereocenters. The number of phenolic OH excluding ortho intramolecular Hbond substituents is 1. The number of hydrogen-bond acceptors (Lipinski definition) is 2. The van der Waals surface area contributed by atoms with E-state index in [0.717, 1.165) is 0 Å². The lowest BCUT2D eigenvalue weighted by Gasteiger charge is -2.23. The van der Waals surface area contributed by atoms with Crippen LogP contribution >= 0.6 is 0 Å². The maximum atomic E-state index is 13.3. The molecule has 0 aliphatic rings. The first-order valence-electron chi connectivity index (χ1n) is 6.08. The topological polar surface area (TPSA) is 23.5 Å². The number of rotatable bonds is 4. The SMILES string of the molecule is CCN(Cc1cccc(F)c1O)c1cccc(F)c1. The van der Waals surface area contributed by atoms with E-state index < -0.39 is 5.82 Å². The van der Waals surface area contributed by atoms with Gasteiger partial charge in [-0.25, -0.2) is 8.78 Å². The van der Waals surface area contributed by atoms with Gasteiger partial charge in [-0.1, -0.05) is 18.2 Å². The molecule has 0 spiro atoms. The highest BCUT2D eigenvalue weighted by atomic mass is 19.1. The smallest absolute Gasteiger partial charge is 0.165 e. The summed E-state index contributed by atoms with van der Waals surface area (Å²) in [6.07, 6.45) is 0. The fourth-order valence-corrected chi connectivity index (χ4v) is 1.95. The fraction of sp³-hybridized carbons (Fsp3) is 0.200. The van der Waals surface area contributed by atoms with Crippen molar-refractivity contribution in [2.24, 2.45) is 0 Å². The summed E-state index contributed by atoms with van der Waals surface area (Å²) < 4.78 is 26.5. The zero-order chi connectivity index (χ0) is 13.8. The minimum atomic E-state index is -0.646. The van der Waals surface area contributed by atoms with E-state index in [1.54, 1.807) is 24.3 Å². The summed E-state index contributed by atoms with van der Waals surface area (Å²) in [7, 11) is 0. The standard InChI is InChI=1S/C15H15F2NO/c1-2-18(13-7-4-6-12(16)9-13)10-11-5-3-8-14(17)15(11)19/h3-9,19H,2,10H2,1H3. The van der Waals surface area contributed by atoms with Crippen molar-refractivity contribution in [2.45, 2.75) is 13.5 Å². The number of anilines is 1. The van der Waals surface area contributed by atoms with Gasteiger partial charge in [0.05, 0.1) is 0 Å². The Balaban J connectivity index is 2.26. The van der Waals surface area contributed by atoms with Crippen LogP contribution in [0.25, 0.3) is 0 Å². The normalized spacial score (nSPS) is 10.5. The average Bonchev–Trinajstić information content (AvgIpc) is 2.40. The van der Waals surface area contributed by atoms with Gasteiger partial charge in [-0.05, 0) is 31.2 Å². The molecule has 0 aliphatic carbocycles. The molecule has 2 nitrogen and oxygen atoms in total. The second-order valence-electron chi connectivity index (χ2n) is 4.24. The molecule has 100 valence electrons. The van der Waals surface area contributed by atoms with Crippen LogP contribution in [0.15, 0.2) is 42.5 Å². The van der Waals surface area contributed by atoms with Crippen molar-refractivity contribution in [3.05, 3.63) is 59.7 Å². The second kappa shape index (κ2) is 5.69. The van der Waals surface area contributed by atoms with E-state index in [9.17, 15) is 13.9 Å². The Morgan fingerprint density at radius 3 is 2.53 bits per heavy atom. The van der Waals surface area contributed by atoms with E-state index in [1.165, 1.54) is 18.2 Å². The Hall–Kier alpha value is -2.10. The molecule has 0 fully saturated rings. The van der Waals surface area contributed by atoms with Gasteiger partial charge < -0.3 is 10.0 Å². The van der Waals surface area contributed by atoms with E-state index in [0.29, 0.717) is 24.3 Å². The van der Waals surface area contributed by atoms with E-state index in [4.69, 9.17) is 0 Å². The largest absolute Gasteiger partial charge is 0.505 e. The summed E-state index contributed by atoms with van der Waals surface area (Å²) in [5.41, 5.74) is 1.18. The molecule has 0 bridgehead atoms. The summed E-state index contributed by atoms with van der Waals surface area (Å²) in [6.45, 7) is 2.87. The lowest BCUT2D eigenvalue weighted by molar-refractivity contribution is 0.425. The first-order valence-corrected chi connectivity index (χ1v) is 6.08. The molecular formula is C15H15F2NO. The monoisotopic (exact) mass is 263 g/mol. The van der Waals surface area contributed by atoms with Crippen LogP contribution < -0.4 is 4.90 Å². The van der Waals surface area contributed by atoms with Crippen molar-refractivity contribution in [3.8, 4) is 5.75 Å². The van der Waals surface area contributed by atoms with Crippen LogP contribution in [0.4, 0.5) is 14.5 Å². The van der Waals surface area contributed by atoms with Gasteiger partial charge in [0.15, 0.2) is 11.6 Å². The van der Waals surface area contributed by atoms with Crippen molar-refractivity contribution in [2.75, 3.05) is 11.4 Å². The summed E-state index contributed by atoms with van der Waals surface area (Å²) >= 11 is 0. The summed E-state index contributed by atoms with van der Waals surface area (Å²) in [6, 6.07) is 10.6. The van der Waals surface area contributed by atoms with Gasteiger partial charge in [-0.15, -0.1) is 0 Å². The van der Waals surface area contributed by atoms with Gasteiger partial charge >= 0.3 is 0 Å². The van der Waals surface area contributed by atoms with Crippen molar-refractivity contribution < 1.29 is 13.9 Å². The predicted molar refractivity (Wildman–Crippen MR) is 71.2 cm³/mol. The van der Waals surface area contributed by atoms with Gasteiger partial charge in [0.1, 0.15) is 5.82 Å². The Morgan fingerprint density at radius 2 is 1.84 bits per heavy atom. The van der Waals surface area contributed by atoms with Gasteiger partial charge in [-0.2, -0.15) is 0 Å². The molecule has 0 atom stereocenters. The highest BCUT2D eigenvalue weighted by Crippen LogP contribution is 2.25. The van der Waals surface area contributed by atoms with Crippen LogP contribution in [0, 0.1) is 11.6 Å². The van der Waals surface area contributed by atoms with Crippen LogP contribution in [0.1, 0.15) is 12.5 Å². The third kappa shape index (κ3) is 3.02. The maximum absolute atomic E-state index is 13.3. The van der Waals surface area contributed by atoms with Crippen LogP contribution in [0.2, 0.25) is 0 Å². The third-order valence-corrected chi connectivity index (χ3v) is 2.99. The summed E-state index contributed by atoms with van der Waals surface area (Å²) in [4.78, 5) is 1.86. The molecule has 1 N–H and O–H groups in total. The van der Waals surface area contributed by atoms with E-state index >= 15 is 0 Å². The molecule has 0 aliphatic heterocycles. The Labute approximate surface area is 110 Å². The molecule has 0 heterocycles. The number of nitrogens with zero attached hydrogens (tertiary/aromatic N) is 1. The zero-order valence-electron chi connectivity index (χ0n) is 10.6. The first-order chi connectivity index (χ1) is 9.11. The quantitative estimate of drug-likeness (QED) is 0.909. The molecule has 2 aromatic rings. The fourth-order valence-electron chi connectivity index (χ4n) is 1.95. The third-order valence-electron chi connectivity index (χ3n) is 2.99. The van der Waals surface area contributed by atoms with Crippen LogP contribution in [-0.2, 0) is 6.54 Å². The highest BCUT2D eigenvalue weighted by molar-refractivity contribution is 5.48. The number of phenols is 1. The summed E-state index contributed by atoms with van der Waals surface area (Å²) in [5.74, 6) is -1.32. The minimum Gasteiger partial charge on any atom is -0.505 e. The van der Waals surface area contributed by atoms with Gasteiger partial charge in [0, 0.05) is 24.3 Å². The lowest BCUT2D eigenvalue weighted by atomic mass is 10.1. The Morgan fingerprint density at radius 1 is 1.11 bits per heavy atom. The van der Waals surface area contributed by atoms with E-state index in [2.05, 4.69) is 0 Å². The van der Waals surface area contributed by atoms with Crippen molar-refractivity contribution in [3.63, 3.8) is 0 Å². The second-order valence-corrected chi connectivity index (χ2v) is 4.24. The summed E-state index contributed by atoms with van der Waals surface area (Å²) in [5, 5.41) is 9.67. The van der Waals surface area contributed by atoms with Crippen molar-refractivity contribution in [1.29, 1.82) is 0 Å². The van der Waals surface area contributed by atoms with Gasteiger partial charge in [0.2, 0.25) is 0 Å². The molecule has 4 heteroatoms. The van der Waals surface area contributed by atoms with Gasteiger partial charge in [0.25, 0.3) is 0 Å². The lowest BCUT2D eigenvalue weighted by Crippen LogP contribution is -2.22. The molecule has 0 amide bonds. The molecule has 0 aromatic heterocycles. The molecule has 0 radical (unpaired) electrons. The van der Waals surface area contributed by atoms with Crippen LogP contribution in [-0.4, -0.2) is 11.7 Å². The predicted octanol–water partition coefficient (Wildman–Crippen LogP) is 3.70. The Bertz CT molecular complexity index is 572. The molecule has 0 saturated heterocycles. The number of benzene rings is 2. The Kier molecular flexibility index (Phi) is 4.00. The van der Waals surface area contributed by atoms with Gasteiger partial charge in [-0.3, -0.25) is 0 Å². The molecule has 2 rings (SSSR count). The van der Waals surface area contributed by atoms with E-state index in [-0.39, 0.29) is 11.6 Å². The minimum absolute atomic E-state index is 0.320. The molecule has 2 aromatic carbocycles. The first kappa shape index (κ1) is 13.3. The van der Waals surface area contributed by atoms with Crippen LogP contribution in [0.5, 0.6) is 5.75 Å². The van der Waals surface area contributed by atoms with Crippen molar-refractivity contribution in [1.82, 2.24) is 0 Å². The number of para-hydroxylation sites is 1.